The Kier molecular flexibility index (Phi) is 3.88. The van der Waals surface area contributed by atoms with E-state index in [4.69, 9.17) is 4.74 Å². The smallest absolute Gasteiger partial charge is 0.340 e. The van der Waals surface area contributed by atoms with Crippen molar-refractivity contribution in [3.05, 3.63) is 42.0 Å². The van der Waals surface area contributed by atoms with Crippen LogP contribution < -0.4 is 0 Å². The van der Waals surface area contributed by atoms with Crippen LogP contribution in [0.25, 0.3) is 6.08 Å². The molecule has 0 N–H and O–H groups in total. The second-order valence-corrected chi connectivity index (χ2v) is 2.63. The van der Waals surface area contributed by atoms with Crippen molar-refractivity contribution in [2.75, 3.05) is 13.9 Å². The summed E-state index contributed by atoms with van der Waals surface area (Å²) in [7, 11) is 1.46. The van der Waals surface area contributed by atoms with Crippen LogP contribution in [-0.2, 0) is 9.47 Å². The summed E-state index contributed by atoms with van der Waals surface area (Å²) >= 11 is 0. The summed E-state index contributed by atoms with van der Waals surface area (Å²) in [6.45, 7) is 3.58. The number of hydrogen-bond acceptors (Lipinski definition) is 3. The third kappa shape index (κ3) is 2.44. The van der Waals surface area contributed by atoms with Crippen molar-refractivity contribution < 1.29 is 14.3 Å². The number of ether oxygens (including phenoxy) is 2. The van der Waals surface area contributed by atoms with Crippen LogP contribution in [0, 0.1) is 0 Å². The predicted octanol–water partition coefficient (Wildman–Crippen LogP) is 2.09. The first kappa shape index (κ1) is 10.5. The molecule has 0 radical (unpaired) electrons. The fourth-order valence-electron chi connectivity index (χ4n) is 1.05. The average molecular weight is 192 g/mol. The number of benzene rings is 1. The highest BCUT2D eigenvalue weighted by atomic mass is 16.7. The van der Waals surface area contributed by atoms with Gasteiger partial charge in [0, 0.05) is 7.11 Å². The molecule has 0 saturated heterocycles. The highest BCUT2D eigenvalue weighted by molar-refractivity contribution is 5.93. The van der Waals surface area contributed by atoms with Gasteiger partial charge < -0.3 is 9.47 Å². The Hall–Kier alpha value is -1.61. The summed E-state index contributed by atoms with van der Waals surface area (Å²) in [5.41, 5.74) is 1.26. The number of hydrogen-bond donors (Lipinski definition) is 0. The number of esters is 1. The molecule has 1 aromatic carbocycles. The van der Waals surface area contributed by atoms with Crippen LogP contribution >= 0.6 is 0 Å². The van der Waals surface area contributed by atoms with E-state index in [9.17, 15) is 4.79 Å². The maximum atomic E-state index is 11.4. The van der Waals surface area contributed by atoms with Crippen molar-refractivity contribution in [1.82, 2.24) is 0 Å². The van der Waals surface area contributed by atoms with Gasteiger partial charge in [-0.2, -0.15) is 0 Å². The van der Waals surface area contributed by atoms with Gasteiger partial charge in [-0.05, 0) is 11.6 Å². The summed E-state index contributed by atoms with van der Waals surface area (Å²) in [5.74, 6) is -0.401. The first-order valence-corrected chi connectivity index (χ1v) is 4.17. The molecular formula is C11H12O3. The topological polar surface area (TPSA) is 35.5 Å². The SMILES string of the molecule is C=Cc1ccccc1C(=O)OCOC. The summed E-state index contributed by atoms with van der Waals surface area (Å²) in [5, 5.41) is 0. The number of carbonyl (C=O) groups excluding carboxylic acids is 1. The van der Waals surface area contributed by atoms with Crippen LogP contribution in [0.3, 0.4) is 0 Å². The Labute approximate surface area is 83.0 Å². The van der Waals surface area contributed by atoms with E-state index >= 15 is 0 Å². The van der Waals surface area contributed by atoms with Gasteiger partial charge in [-0.25, -0.2) is 4.79 Å². The summed E-state index contributed by atoms with van der Waals surface area (Å²) in [6.07, 6.45) is 1.61. The van der Waals surface area contributed by atoms with E-state index in [0.717, 1.165) is 5.56 Å². The normalized spacial score (nSPS) is 9.50. The molecule has 3 heteroatoms. The lowest BCUT2D eigenvalue weighted by Gasteiger charge is -2.05. The molecule has 14 heavy (non-hydrogen) atoms. The molecule has 0 atom stereocenters. The second kappa shape index (κ2) is 5.19. The molecule has 0 aliphatic carbocycles. The Bertz CT molecular complexity index is 331. The lowest BCUT2D eigenvalue weighted by Crippen LogP contribution is -2.08. The fraction of sp³-hybridized carbons (Fsp3) is 0.182. The van der Waals surface area contributed by atoms with Crippen molar-refractivity contribution >= 4 is 12.0 Å². The van der Waals surface area contributed by atoms with Crippen LogP contribution in [0.4, 0.5) is 0 Å². The van der Waals surface area contributed by atoms with Crippen molar-refractivity contribution in [3.8, 4) is 0 Å². The predicted molar refractivity (Wildman–Crippen MR) is 53.8 cm³/mol. The Morgan fingerprint density at radius 1 is 1.50 bits per heavy atom. The van der Waals surface area contributed by atoms with Crippen LogP contribution in [0.1, 0.15) is 15.9 Å². The highest BCUT2D eigenvalue weighted by Crippen LogP contribution is 2.11. The summed E-state index contributed by atoms with van der Waals surface area (Å²) < 4.78 is 9.45. The number of rotatable bonds is 4. The first-order chi connectivity index (χ1) is 6.79. The van der Waals surface area contributed by atoms with Gasteiger partial charge in [0.2, 0.25) is 0 Å². The van der Waals surface area contributed by atoms with Gasteiger partial charge in [-0.3, -0.25) is 0 Å². The third-order valence-electron chi connectivity index (χ3n) is 1.71. The molecule has 0 bridgehead atoms. The Morgan fingerprint density at radius 3 is 2.86 bits per heavy atom. The molecule has 0 spiro atoms. The molecule has 0 unspecified atom stereocenters. The van der Waals surface area contributed by atoms with Gasteiger partial charge in [0.1, 0.15) is 0 Å². The molecule has 0 saturated carbocycles. The van der Waals surface area contributed by atoms with Gasteiger partial charge in [-0.1, -0.05) is 30.9 Å². The molecule has 0 amide bonds. The zero-order chi connectivity index (χ0) is 10.4. The molecule has 0 aliphatic rings. The van der Waals surface area contributed by atoms with Crippen molar-refractivity contribution in [2.24, 2.45) is 0 Å². The molecule has 1 aromatic rings. The molecule has 0 aliphatic heterocycles. The fourth-order valence-corrected chi connectivity index (χ4v) is 1.05. The maximum Gasteiger partial charge on any atom is 0.340 e. The molecule has 74 valence electrons. The van der Waals surface area contributed by atoms with E-state index in [2.05, 4.69) is 11.3 Å². The minimum absolute atomic E-state index is 0.0374. The maximum absolute atomic E-state index is 11.4. The zero-order valence-electron chi connectivity index (χ0n) is 8.03. The largest absolute Gasteiger partial charge is 0.435 e. The standard InChI is InChI=1S/C11H12O3/c1-3-9-6-4-5-7-10(9)11(12)14-8-13-2/h3-7H,1,8H2,2H3. The minimum Gasteiger partial charge on any atom is -0.435 e. The van der Waals surface area contributed by atoms with E-state index in [0.29, 0.717) is 5.56 Å². The first-order valence-electron chi connectivity index (χ1n) is 4.17. The van der Waals surface area contributed by atoms with E-state index in [-0.39, 0.29) is 6.79 Å². The number of carbonyl (C=O) groups is 1. The van der Waals surface area contributed by atoms with Crippen molar-refractivity contribution in [3.63, 3.8) is 0 Å². The van der Waals surface area contributed by atoms with Gasteiger partial charge in [0.25, 0.3) is 0 Å². The van der Waals surface area contributed by atoms with Crippen molar-refractivity contribution in [2.45, 2.75) is 0 Å². The van der Waals surface area contributed by atoms with Gasteiger partial charge >= 0.3 is 5.97 Å². The average Bonchev–Trinajstić information content (AvgIpc) is 2.25. The molecular weight excluding hydrogens is 180 g/mol. The minimum atomic E-state index is -0.401. The quantitative estimate of drug-likeness (QED) is 0.541. The van der Waals surface area contributed by atoms with Crippen LogP contribution in [-0.4, -0.2) is 19.9 Å². The Morgan fingerprint density at radius 2 is 2.21 bits per heavy atom. The lowest BCUT2D eigenvalue weighted by atomic mass is 10.1. The monoisotopic (exact) mass is 192 g/mol. The van der Waals surface area contributed by atoms with E-state index in [1.54, 1.807) is 24.3 Å². The second-order valence-electron chi connectivity index (χ2n) is 2.63. The lowest BCUT2D eigenvalue weighted by molar-refractivity contribution is -0.0125. The van der Waals surface area contributed by atoms with Gasteiger partial charge in [0.05, 0.1) is 5.56 Å². The Balaban J connectivity index is 2.83. The van der Waals surface area contributed by atoms with Crippen LogP contribution in [0.2, 0.25) is 0 Å². The van der Waals surface area contributed by atoms with Crippen molar-refractivity contribution in [1.29, 1.82) is 0 Å². The summed E-state index contributed by atoms with van der Waals surface area (Å²) in [6, 6.07) is 7.10. The molecule has 1 rings (SSSR count). The van der Waals surface area contributed by atoms with E-state index in [1.165, 1.54) is 7.11 Å². The van der Waals surface area contributed by atoms with E-state index in [1.807, 2.05) is 6.07 Å². The zero-order valence-corrected chi connectivity index (χ0v) is 8.03. The molecule has 3 nitrogen and oxygen atoms in total. The number of methoxy groups -OCH3 is 1. The molecule has 0 aromatic heterocycles. The third-order valence-corrected chi connectivity index (χ3v) is 1.71. The van der Waals surface area contributed by atoms with Crippen LogP contribution in [0.15, 0.2) is 30.8 Å². The van der Waals surface area contributed by atoms with Crippen LogP contribution in [0.5, 0.6) is 0 Å². The summed E-state index contributed by atoms with van der Waals surface area (Å²) in [4.78, 5) is 11.4. The highest BCUT2D eigenvalue weighted by Gasteiger charge is 2.09. The van der Waals surface area contributed by atoms with Gasteiger partial charge in [-0.15, -0.1) is 0 Å². The molecule has 0 heterocycles. The molecule has 0 fully saturated rings. The van der Waals surface area contributed by atoms with E-state index < -0.39 is 5.97 Å². The van der Waals surface area contributed by atoms with Gasteiger partial charge in [0.15, 0.2) is 6.79 Å².